The lowest BCUT2D eigenvalue weighted by molar-refractivity contribution is -0.148. The molecule has 0 radical (unpaired) electrons. The molecule has 0 bridgehead atoms. The molecule has 1 aromatic carbocycles. The maximum Gasteiger partial charge on any atom is 0.412 e. The molecule has 1 saturated heterocycles. The number of anilines is 2. The standard InChI is InChI=1S/C27H34N4O5/c1-6-35-25(33)20-17-31(5)16-19(20)21-13-11-18(15-28-21)12-14-24(32)29-22-9-7-8-10-23(22)30-26(34)36-27(2,3)4/h7-15,19-20H,6,16-17H2,1-5H3,(H,29,32)(H,30,34). The lowest BCUT2D eigenvalue weighted by Gasteiger charge is -2.20. The third-order valence-electron chi connectivity index (χ3n) is 5.53. The molecule has 0 saturated carbocycles. The molecular weight excluding hydrogens is 460 g/mol. The maximum absolute atomic E-state index is 12.5. The smallest absolute Gasteiger partial charge is 0.412 e. The Kier molecular flexibility index (Phi) is 8.82. The van der Waals surface area contributed by atoms with Crippen LogP contribution in [0.1, 0.15) is 44.9 Å². The SMILES string of the molecule is CCOC(=O)C1CN(C)CC1c1ccc(C=CC(=O)Nc2ccccc2NC(=O)OC(C)(C)C)cn1. The van der Waals surface area contributed by atoms with Gasteiger partial charge in [-0.25, -0.2) is 4.79 Å². The molecule has 36 heavy (non-hydrogen) atoms. The molecule has 192 valence electrons. The fraction of sp³-hybridized carbons (Fsp3) is 0.407. The fourth-order valence-corrected chi connectivity index (χ4v) is 3.98. The van der Waals surface area contributed by atoms with Gasteiger partial charge in [-0.15, -0.1) is 0 Å². The summed E-state index contributed by atoms with van der Waals surface area (Å²) in [5.41, 5.74) is 1.80. The van der Waals surface area contributed by atoms with Crippen molar-refractivity contribution in [3.63, 3.8) is 0 Å². The van der Waals surface area contributed by atoms with Crippen LogP contribution < -0.4 is 10.6 Å². The largest absolute Gasteiger partial charge is 0.466 e. The van der Waals surface area contributed by atoms with Crippen molar-refractivity contribution in [1.82, 2.24) is 9.88 Å². The van der Waals surface area contributed by atoms with E-state index in [-0.39, 0.29) is 23.7 Å². The number of aromatic nitrogens is 1. The Balaban J connectivity index is 1.63. The summed E-state index contributed by atoms with van der Waals surface area (Å²) in [7, 11) is 1.98. The Morgan fingerprint density at radius 2 is 1.78 bits per heavy atom. The van der Waals surface area contributed by atoms with Crippen LogP contribution in [0.25, 0.3) is 6.08 Å². The van der Waals surface area contributed by atoms with E-state index < -0.39 is 11.7 Å². The van der Waals surface area contributed by atoms with Crippen LogP contribution in [-0.2, 0) is 19.1 Å². The monoisotopic (exact) mass is 494 g/mol. The molecular formula is C27H34N4O5. The topological polar surface area (TPSA) is 110 Å². The Bertz CT molecular complexity index is 1110. The molecule has 2 amide bonds. The van der Waals surface area contributed by atoms with E-state index in [2.05, 4.69) is 20.5 Å². The Hall–Kier alpha value is -3.72. The van der Waals surface area contributed by atoms with Crippen molar-refractivity contribution >= 4 is 35.4 Å². The number of likely N-dealkylation sites (tertiary alicyclic amines) is 1. The van der Waals surface area contributed by atoms with Crippen LogP contribution >= 0.6 is 0 Å². The normalized spacial score (nSPS) is 18.1. The first-order valence-electron chi connectivity index (χ1n) is 11.9. The van der Waals surface area contributed by atoms with Gasteiger partial charge in [-0.2, -0.15) is 0 Å². The van der Waals surface area contributed by atoms with E-state index in [4.69, 9.17) is 9.47 Å². The van der Waals surface area contributed by atoms with Gasteiger partial charge in [0.05, 0.1) is 23.9 Å². The third kappa shape index (κ3) is 7.64. The first kappa shape index (κ1) is 26.9. The zero-order valence-corrected chi connectivity index (χ0v) is 21.4. The highest BCUT2D eigenvalue weighted by Crippen LogP contribution is 2.32. The molecule has 2 N–H and O–H groups in total. The zero-order chi connectivity index (χ0) is 26.3. The van der Waals surface area contributed by atoms with E-state index in [9.17, 15) is 14.4 Å². The Morgan fingerprint density at radius 3 is 2.39 bits per heavy atom. The Morgan fingerprint density at radius 1 is 1.08 bits per heavy atom. The van der Waals surface area contributed by atoms with Gasteiger partial charge in [-0.3, -0.25) is 19.9 Å². The van der Waals surface area contributed by atoms with Crippen LogP contribution in [0.3, 0.4) is 0 Å². The van der Waals surface area contributed by atoms with Gasteiger partial charge in [0.15, 0.2) is 0 Å². The van der Waals surface area contributed by atoms with Gasteiger partial charge >= 0.3 is 12.1 Å². The molecule has 1 aliphatic rings. The number of hydrogen-bond acceptors (Lipinski definition) is 7. The highest BCUT2D eigenvalue weighted by atomic mass is 16.6. The number of esters is 1. The van der Waals surface area contributed by atoms with Crippen LogP contribution in [-0.4, -0.2) is 60.2 Å². The van der Waals surface area contributed by atoms with E-state index in [1.807, 2.05) is 19.2 Å². The minimum Gasteiger partial charge on any atom is -0.466 e. The van der Waals surface area contributed by atoms with Crippen molar-refractivity contribution in [2.75, 3.05) is 37.4 Å². The number of amides is 2. The van der Waals surface area contributed by atoms with Crippen LogP contribution in [0, 0.1) is 5.92 Å². The van der Waals surface area contributed by atoms with Crippen molar-refractivity contribution in [3.8, 4) is 0 Å². The first-order chi connectivity index (χ1) is 17.1. The number of nitrogens with one attached hydrogen (secondary N) is 2. The third-order valence-corrected chi connectivity index (χ3v) is 5.53. The van der Waals surface area contributed by atoms with Crippen molar-refractivity contribution in [1.29, 1.82) is 0 Å². The highest BCUT2D eigenvalue weighted by Gasteiger charge is 2.38. The average Bonchev–Trinajstić information content (AvgIpc) is 3.20. The van der Waals surface area contributed by atoms with Gasteiger partial charge in [0.25, 0.3) is 0 Å². The fourth-order valence-electron chi connectivity index (χ4n) is 3.98. The number of para-hydroxylation sites is 2. The zero-order valence-electron chi connectivity index (χ0n) is 21.4. The second-order valence-corrected chi connectivity index (χ2v) is 9.70. The quantitative estimate of drug-likeness (QED) is 0.436. The maximum atomic E-state index is 12.5. The molecule has 9 heteroatoms. The minimum absolute atomic E-state index is 0.0376. The molecule has 1 fully saturated rings. The van der Waals surface area contributed by atoms with Crippen molar-refractivity contribution in [2.24, 2.45) is 5.92 Å². The van der Waals surface area contributed by atoms with Gasteiger partial charge in [-0.1, -0.05) is 18.2 Å². The molecule has 2 heterocycles. The number of pyridine rings is 1. The van der Waals surface area contributed by atoms with E-state index in [1.165, 1.54) is 6.08 Å². The molecule has 2 unspecified atom stereocenters. The number of ether oxygens (including phenoxy) is 2. The highest BCUT2D eigenvalue weighted by molar-refractivity contribution is 6.04. The first-order valence-corrected chi connectivity index (χ1v) is 11.9. The second kappa shape index (κ2) is 11.8. The number of carbonyl (C=O) groups is 3. The molecule has 2 aromatic rings. The summed E-state index contributed by atoms with van der Waals surface area (Å²) in [6, 6.07) is 10.6. The van der Waals surface area contributed by atoms with Crippen molar-refractivity contribution in [2.45, 2.75) is 39.2 Å². The lowest BCUT2D eigenvalue weighted by Crippen LogP contribution is -2.27. The summed E-state index contributed by atoms with van der Waals surface area (Å²) in [4.78, 5) is 43.6. The van der Waals surface area contributed by atoms with Crippen LogP contribution in [0.2, 0.25) is 0 Å². The lowest BCUT2D eigenvalue weighted by atomic mass is 9.92. The molecule has 1 aliphatic heterocycles. The summed E-state index contributed by atoms with van der Waals surface area (Å²) in [6.07, 6.45) is 4.12. The molecule has 1 aromatic heterocycles. The van der Waals surface area contributed by atoms with E-state index in [1.54, 1.807) is 64.2 Å². The Labute approximate surface area is 211 Å². The predicted molar refractivity (Wildman–Crippen MR) is 139 cm³/mol. The van der Waals surface area contributed by atoms with Crippen LogP contribution in [0.15, 0.2) is 48.7 Å². The molecule has 2 atom stereocenters. The van der Waals surface area contributed by atoms with Gasteiger partial charge in [0.1, 0.15) is 5.60 Å². The molecule has 0 aliphatic carbocycles. The molecule has 9 nitrogen and oxygen atoms in total. The number of benzene rings is 1. The summed E-state index contributed by atoms with van der Waals surface area (Å²) >= 11 is 0. The number of carbonyl (C=O) groups excluding carboxylic acids is 3. The predicted octanol–water partition coefficient (Wildman–Crippen LogP) is 4.29. The van der Waals surface area contributed by atoms with E-state index in [0.717, 1.165) is 17.8 Å². The van der Waals surface area contributed by atoms with E-state index >= 15 is 0 Å². The number of rotatable bonds is 7. The number of nitrogens with zero attached hydrogens (tertiary/aromatic N) is 2. The number of hydrogen-bond donors (Lipinski definition) is 2. The second-order valence-electron chi connectivity index (χ2n) is 9.70. The van der Waals surface area contributed by atoms with Crippen molar-refractivity contribution < 1.29 is 23.9 Å². The summed E-state index contributed by atoms with van der Waals surface area (Å²) in [5.74, 6) is -0.846. The summed E-state index contributed by atoms with van der Waals surface area (Å²) in [6.45, 7) is 8.85. The molecule has 3 rings (SSSR count). The van der Waals surface area contributed by atoms with Gasteiger partial charge in [0, 0.05) is 37.0 Å². The average molecular weight is 495 g/mol. The van der Waals surface area contributed by atoms with Crippen LogP contribution in [0.4, 0.5) is 16.2 Å². The van der Waals surface area contributed by atoms with Crippen molar-refractivity contribution in [3.05, 3.63) is 59.9 Å². The van der Waals surface area contributed by atoms with Gasteiger partial charge in [-0.05, 0) is 64.6 Å². The van der Waals surface area contributed by atoms with E-state index in [0.29, 0.717) is 24.5 Å². The number of likely N-dealkylation sites (N-methyl/N-ethyl adjacent to an activating group) is 1. The summed E-state index contributed by atoms with van der Waals surface area (Å²) in [5, 5.41) is 5.42. The van der Waals surface area contributed by atoms with Gasteiger partial charge in [0.2, 0.25) is 5.91 Å². The summed E-state index contributed by atoms with van der Waals surface area (Å²) < 4.78 is 10.5. The minimum atomic E-state index is -0.637. The molecule has 0 spiro atoms. The van der Waals surface area contributed by atoms with Gasteiger partial charge < -0.3 is 19.7 Å². The van der Waals surface area contributed by atoms with Crippen LogP contribution in [0.5, 0.6) is 0 Å².